The number of benzene rings is 1. The average molecular weight is 413 g/mol. The molecule has 0 radical (unpaired) electrons. The minimum absolute atomic E-state index is 0.0731. The molecule has 0 bridgehead atoms. The highest BCUT2D eigenvalue weighted by atomic mass is 19.1. The third kappa shape index (κ3) is 13.8. The smallest absolute Gasteiger partial charge is 0.311 e. The molecule has 1 aromatic rings. The maximum Gasteiger partial charge on any atom is 0.311 e. The van der Waals surface area contributed by atoms with Gasteiger partial charge in [-0.2, -0.15) is 0 Å². The molecule has 0 N–H and O–H groups in total. The molecule has 1 aromatic carbocycles. The van der Waals surface area contributed by atoms with Gasteiger partial charge in [0.25, 0.3) is 0 Å². The van der Waals surface area contributed by atoms with E-state index in [1.165, 1.54) is 44.9 Å². The standard InChI is InChI=1S/C23H34F2O4/c1-2-3-4-5-6-7-8-9-12-15-28-22(26)13-10-11-14-23(27)29-21-17-19(24)16-20(25)18-21/h16-18H,2-15H2,1H3. The second kappa shape index (κ2) is 15.9. The monoisotopic (exact) mass is 412 g/mol. The molecular weight excluding hydrogens is 378 g/mol. The van der Waals surface area contributed by atoms with Gasteiger partial charge in [0, 0.05) is 31.0 Å². The number of unbranched alkanes of at least 4 members (excludes halogenated alkanes) is 9. The van der Waals surface area contributed by atoms with Crippen molar-refractivity contribution in [2.45, 2.75) is 90.4 Å². The van der Waals surface area contributed by atoms with E-state index in [1.54, 1.807) is 0 Å². The predicted molar refractivity (Wildman–Crippen MR) is 109 cm³/mol. The minimum atomic E-state index is -0.803. The molecule has 0 aliphatic heterocycles. The van der Waals surface area contributed by atoms with E-state index < -0.39 is 17.6 Å². The average Bonchev–Trinajstić information content (AvgIpc) is 2.66. The Bertz CT molecular complexity index is 584. The summed E-state index contributed by atoms with van der Waals surface area (Å²) >= 11 is 0. The SMILES string of the molecule is CCCCCCCCCCCOC(=O)CCCCC(=O)Oc1cc(F)cc(F)c1. The highest BCUT2D eigenvalue weighted by molar-refractivity contribution is 5.72. The first-order valence-electron chi connectivity index (χ1n) is 10.8. The Labute approximate surface area is 173 Å². The summed E-state index contributed by atoms with van der Waals surface area (Å²) in [6.07, 6.45) is 12.2. The van der Waals surface area contributed by atoms with Crippen molar-refractivity contribution in [3.05, 3.63) is 29.8 Å². The molecule has 29 heavy (non-hydrogen) atoms. The number of rotatable bonds is 16. The lowest BCUT2D eigenvalue weighted by Gasteiger charge is -2.06. The van der Waals surface area contributed by atoms with Gasteiger partial charge in [-0.15, -0.1) is 0 Å². The summed E-state index contributed by atoms with van der Waals surface area (Å²) in [6, 6.07) is 2.60. The molecule has 0 spiro atoms. The first kappa shape index (κ1) is 25.1. The molecule has 6 heteroatoms. The summed E-state index contributed by atoms with van der Waals surface area (Å²) < 4.78 is 36.2. The van der Waals surface area contributed by atoms with E-state index in [-0.39, 0.29) is 24.6 Å². The van der Waals surface area contributed by atoms with E-state index in [1.807, 2.05) is 0 Å². The van der Waals surface area contributed by atoms with Gasteiger partial charge < -0.3 is 9.47 Å². The summed E-state index contributed by atoms with van der Waals surface area (Å²) in [6.45, 7) is 2.66. The number of ether oxygens (including phenoxy) is 2. The zero-order valence-electron chi connectivity index (χ0n) is 17.5. The largest absolute Gasteiger partial charge is 0.466 e. The van der Waals surface area contributed by atoms with Crippen LogP contribution in [-0.4, -0.2) is 18.5 Å². The van der Waals surface area contributed by atoms with Crippen molar-refractivity contribution in [2.75, 3.05) is 6.61 Å². The van der Waals surface area contributed by atoms with Crippen molar-refractivity contribution in [3.8, 4) is 5.75 Å². The first-order chi connectivity index (χ1) is 14.0. The third-order valence-corrected chi connectivity index (χ3v) is 4.59. The summed E-state index contributed by atoms with van der Waals surface area (Å²) in [5.74, 6) is -2.61. The van der Waals surface area contributed by atoms with Crippen LogP contribution >= 0.6 is 0 Å². The molecule has 0 aromatic heterocycles. The minimum Gasteiger partial charge on any atom is -0.466 e. The Morgan fingerprint density at radius 2 is 1.24 bits per heavy atom. The Balaban J connectivity index is 1.96. The lowest BCUT2D eigenvalue weighted by molar-refractivity contribution is -0.144. The second-order valence-electron chi connectivity index (χ2n) is 7.34. The molecule has 0 fully saturated rings. The molecule has 0 aliphatic rings. The quantitative estimate of drug-likeness (QED) is 0.177. The van der Waals surface area contributed by atoms with Gasteiger partial charge in [0.15, 0.2) is 0 Å². The molecular formula is C23H34F2O4. The van der Waals surface area contributed by atoms with Crippen molar-refractivity contribution < 1.29 is 27.8 Å². The van der Waals surface area contributed by atoms with Gasteiger partial charge in [-0.05, 0) is 19.3 Å². The predicted octanol–water partition coefficient (Wildman–Crippen LogP) is 6.50. The fourth-order valence-electron chi connectivity index (χ4n) is 2.98. The van der Waals surface area contributed by atoms with E-state index in [4.69, 9.17) is 9.47 Å². The molecule has 0 heterocycles. The topological polar surface area (TPSA) is 52.6 Å². The van der Waals surface area contributed by atoms with Gasteiger partial charge in [0.2, 0.25) is 0 Å². The third-order valence-electron chi connectivity index (χ3n) is 4.59. The molecule has 164 valence electrons. The Morgan fingerprint density at radius 1 is 0.724 bits per heavy atom. The van der Waals surface area contributed by atoms with Crippen LogP contribution in [0.25, 0.3) is 0 Å². The highest BCUT2D eigenvalue weighted by Gasteiger charge is 2.09. The van der Waals surface area contributed by atoms with E-state index in [2.05, 4.69) is 6.92 Å². The van der Waals surface area contributed by atoms with E-state index in [9.17, 15) is 18.4 Å². The van der Waals surface area contributed by atoms with Crippen LogP contribution < -0.4 is 4.74 Å². The van der Waals surface area contributed by atoms with Crippen LogP contribution in [-0.2, 0) is 14.3 Å². The van der Waals surface area contributed by atoms with Gasteiger partial charge in [-0.3, -0.25) is 9.59 Å². The first-order valence-corrected chi connectivity index (χ1v) is 10.8. The van der Waals surface area contributed by atoms with E-state index >= 15 is 0 Å². The Morgan fingerprint density at radius 3 is 1.83 bits per heavy atom. The van der Waals surface area contributed by atoms with Crippen molar-refractivity contribution in [3.63, 3.8) is 0 Å². The lowest BCUT2D eigenvalue weighted by atomic mass is 10.1. The van der Waals surface area contributed by atoms with E-state index in [0.29, 0.717) is 25.5 Å². The van der Waals surface area contributed by atoms with Crippen molar-refractivity contribution in [2.24, 2.45) is 0 Å². The number of carbonyl (C=O) groups excluding carboxylic acids is 2. The number of hydrogen-bond donors (Lipinski definition) is 0. The molecule has 0 amide bonds. The zero-order valence-corrected chi connectivity index (χ0v) is 17.5. The van der Waals surface area contributed by atoms with Crippen LogP contribution in [0.4, 0.5) is 8.78 Å². The number of halogens is 2. The van der Waals surface area contributed by atoms with Crippen LogP contribution in [0.5, 0.6) is 5.75 Å². The van der Waals surface area contributed by atoms with Gasteiger partial charge >= 0.3 is 11.9 Å². The summed E-state index contributed by atoms with van der Waals surface area (Å²) in [5.41, 5.74) is 0. The highest BCUT2D eigenvalue weighted by Crippen LogP contribution is 2.16. The number of esters is 2. The van der Waals surface area contributed by atoms with Crippen LogP contribution in [0, 0.1) is 11.6 Å². The molecule has 0 aliphatic carbocycles. The number of carbonyl (C=O) groups is 2. The zero-order chi connectivity index (χ0) is 21.3. The summed E-state index contributed by atoms with van der Waals surface area (Å²) in [7, 11) is 0. The maximum absolute atomic E-state index is 13.0. The van der Waals surface area contributed by atoms with E-state index in [0.717, 1.165) is 25.0 Å². The molecule has 0 saturated heterocycles. The van der Waals surface area contributed by atoms with Crippen molar-refractivity contribution >= 4 is 11.9 Å². The van der Waals surface area contributed by atoms with Gasteiger partial charge in [0.1, 0.15) is 17.4 Å². The molecule has 1 rings (SSSR count). The van der Waals surface area contributed by atoms with Gasteiger partial charge in [-0.1, -0.05) is 58.3 Å². The summed E-state index contributed by atoms with van der Waals surface area (Å²) in [5, 5.41) is 0. The van der Waals surface area contributed by atoms with Crippen LogP contribution in [0.3, 0.4) is 0 Å². The lowest BCUT2D eigenvalue weighted by Crippen LogP contribution is -2.09. The fourth-order valence-corrected chi connectivity index (χ4v) is 2.98. The molecule has 0 saturated carbocycles. The number of hydrogen-bond acceptors (Lipinski definition) is 4. The summed E-state index contributed by atoms with van der Waals surface area (Å²) in [4.78, 5) is 23.3. The van der Waals surface area contributed by atoms with Crippen LogP contribution in [0.15, 0.2) is 18.2 Å². The fraction of sp³-hybridized carbons (Fsp3) is 0.652. The molecule has 0 unspecified atom stereocenters. The Hall–Kier alpha value is -1.98. The maximum atomic E-state index is 13.0. The second-order valence-corrected chi connectivity index (χ2v) is 7.34. The molecule has 0 atom stereocenters. The van der Waals surface area contributed by atoms with Gasteiger partial charge in [0.05, 0.1) is 6.61 Å². The Kier molecular flexibility index (Phi) is 13.7. The van der Waals surface area contributed by atoms with Crippen LogP contribution in [0.2, 0.25) is 0 Å². The van der Waals surface area contributed by atoms with Crippen molar-refractivity contribution in [1.29, 1.82) is 0 Å². The molecule has 4 nitrogen and oxygen atoms in total. The normalized spacial score (nSPS) is 10.7. The van der Waals surface area contributed by atoms with Crippen molar-refractivity contribution in [1.82, 2.24) is 0 Å². The van der Waals surface area contributed by atoms with Crippen LogP contribution in [0.1, 0.15) is 90.4 Å². The van der Waals surface area contributed by atoms with Gasteiger partial charge in [-0.25, -0.2) is 8.78 Å².